The third-order valence-electron chi connectivity index (χ3n) is 3.56. The summed E-state index contributed by atoms with van der Waals surface area (Å²) in [5, 5.41) is 8.10. The van der Waals surface area contributed by atoms with Crippen molar-refractivity contribution < 1.29 is 14.1 Å². The van der Waals surface area contributed by atoms with E-state index in [-0.39, 0.29) is 17.9 Å². The molecule has 8 nitrogen and oxygen atoms in total. The molecule has 0 saturated heterocycles. The van der Waals surface area contributed by atoms with Crippen LogP contribution in [0, 0.1) is 6.92 Å². The van der Waals surface area contributed by atoms with E-state index in [0.717, 1.165) is 0 Å². The molecule has 0 saturated carbocycles. The zero-order valence-corrected chi connectivity index (χ0v) is 14.6. The van der Waals surface area contributed by atoms with Crippen molar-refractivity contribution in [2.24, 2.45) is 0 Å². The van der Waals surface area contributed by atoms with Gasteiger partial charge in [0.1, 0.15) is 5.56 Å². The van der Waals surface area contributed by atoms with Gasteiger partial charge in [-0.1, -0.05) is 32.0 Å². The Morgan fingerprint density at radius 2 is 2.12 bits per heavy atom. The van der Waals surface area contributed by atoms with Crippen LogP contribution < -0.4 is 0 Å². The average molecular weight is 341 g/mol. The van der Waals surface area contributed by atoms with E-state index in [0.29, 0.717) is 22.9 Å². The summed E-state index contributed by atoms with van der Waals surface area (Å²) in [6.45, 7) is 7.62. The lowest BCUT2D eigenvalue weighted by molar-refractivity contribution is 0.0429. The Hall–Kier alpha value is -3.03. The Labute approximate surface area is 144 Å². The maximum atomic E-state index is 12.3. The molecule has 0 aromatic carbocycles. The van der Waals surface area contributed by atoms with Crippen molar-refractivity contribution in [2.45, 2.75) is 39.7 Å². The van der Waals surface area contributed by atoms with E-state index in [9.17, 15) is 4.79 Å². The minimum absolute atomic E-state index is 0.0872. The third-order valence-corrected chi connectivity index (χ3v) is 3.56. The SMILES string of the molecule is Cc1c(C(=O)OCc2nc(C(C)(C)C)no2)cnn1-c1ccccn1. The maximum absolute atomic E-state index is 12.3. The van der Waals surface area contributed by atoms with Crippen LogP contribution in [-0.2, 0) is 16.8 Å². The van der Waals surface area contributed by atoms with Gasteiger partial charge in [-0.2, -0.15) is 10.1 Å². The molecule has 8 heteroatoms. The Bertz CT molecular complexity index is 877. The van der Waals surface area contributed by atoms with Gasteiger partial charge in [0.25, 0.3) is 5.89 Å². The van der Waals surface area contributed by atoms with Crippen molar-refractivity contribution in [1.82, 2.24) is 24.9 Å². The topological polar surface area (TPSA) is 95.9 Å². The lowest BCUT2D eigenvalue weighted by atomic mass is 9.96. The molecule has 25 heavy (non-hydrogen) atoms. The Balaban J connectivity index is 1.70. The molecular weight excluding hydrogens is 322 g/mol. The number of ether oxygens (including phenoxy) is 1. The monoisotopic (exact) mass is 341 g/mol. The number of pyridine rings is 1. The largest absolute Gasteiger partial charge is 0.452 e. The molecule has 0 N–H and O–H groups in total. The molecule has 0 amide bonds. The number of nitrogens with zero attached hydrogens (tertiary/aromatic N) is 5. The summed E-state index contributed by atoms with van der Waals surface area (Å²) in [6.07, 6.45) is 3.12. The molecule has 3 aromatic heterocycles. The third kappa shape index (κ3) is 3.57. The van der Waals surface area contributed by atoms with Crippen molar-refractivity contribution in [1.29, 1.82) is 0 Å². The van der Waals surface area contributed by atoms with Crippen LogP contribution in [0.1, 0.15) is 48.5 Å². The average Bonchev–Trinajstić information content (AvgIpc) is 3.20. The van der Waals surface area contributed by atoms with E-state index in [1.165, 1.54) is 6.20 Å². The molecule has 0 unspecified atom stereocenters. The van der Waals surface area contributed by atoms with Crippen LogP contribution in [0.3, 0.4) is 0 Å². The van der Waals surface area contributed by atoms with Gasteiger partial charge < -0.3 is 9.26 Å². The number of hydrogen-bond donors (Lipinski definition) is 0. The smallest absolute Gasteiger partial charge is 0.342 e. The van der Waals surface area contributed by atoms with Crippen molar-refractivity contribution >= 4 is 5.97 Å². The van der Waals surface area contributed by atoms with Crippen LogP contribution in [0.25, 0.3) is 5.82 Å². The van der Waals surface area contributed by atoms with Gasteiger partial charge in [-0.15, -0.1) is 0 Å². The molecule has 0 atom stereocenters. The predicted octanol–water partition coefficient (Wildman–Crippen LogP) is 2.61. The highest BCUT2D eigenvalue weighted by molar-refractivity contribution is 5.90. The minimum Gasteiger partial charge on any atom is -0.452 e. The van der Waals surface area contributed by atoms with Gasteiger partial charge in [-0.3, -0.25) is 0 Å². The van der Waals surface area contributed by atoms with Gasteiger partial charge in [-0.05, 0) is 19.1 Å². The van der Waals surface area contributed by atoms with Crippen molar-refractivity contribution in [3.05, 3.63) is 53.6 Å². The van der Waals surface area contributed by atoms with Crippen LogP contribution >= 0.6 is 0 Å². The van der Waals surface area contributed by atoms with E-state index in [1.54, 1.807) is 17.8 Å². The molecule has 0 fully saturated rings. The summed E-state index contributed by atoms with van der Waals surface area (Å²) in [5.41, 5.74) is 0.775. The highest BCUT2D eigenvalue weighted by atomic mass is 16.6. The van der Waals surface area contributed by atoms with Gasteiger partial charge in [0, 0.05) is 11.6 Å². The molecule has 130 valence electrons. The highest BCUT2D eigenvalue weighted by Gasteiger charge is 2.22. The second-order valence-corrected chi connectivity index (χ2v) is 6.58. The minimum atomic E-state index is -0.504. The Kier molecular flexibility index (Phi) is 4.35. The first-order valence-corrected chi connectivity index (χ1v) is 7.82. The first-order chi connectivity index (χ1) is 11.9. The standard InChI is InChI=1S/C17H19N5O3/c1-11-12(9-19-22(11)13-7-5-6-8-18-13)15(23)24-10-14-20-16(21-25-14)17(2,3)4/h5-9H,10H2,1-4H3. The van der Waals surface area contributed by atoms with Gasteiger partial charge >= 0.3 is 5.97 Å². The summed E-state index contributed by atoms with van der Waals surface area (Å²) < 4.78 is 12.0. The first kappa shape index (κ1) is 16.8. The molecule has 3 aromatic rings. The molecule has 0 aliphatic heterocycles. The lowest BCUT2D eigenvalue weighted by Crippen LogP contribution is -2.13. The molecule has 0 aliphatic carbocycles. The molecule has 0 bridgehead atoms. The number of rotatable bonds is 4. The summed E-state index contributed by atoms with van der Waals surface area (Å²) >= 11 is 0. The number of esters is 1. The summed E-state index contributed by atoms with van der Waals surface area (Å²) in [5.74, 6) is 0.951. The molecule has 0 radical (unpaired) electrons. The maximum Gasteiger partial charge on any atom is 0.342 e. The van der Waals surface area contributed by atoms with Crippen LogP contribution in [0.15, 0.2) is 35.1 Å². The van der Waals surface area contributed by atoms with Crippen LogP contribution in [0.5, 0.6) is 0 Å². The molecule has 0 spiro atoms. The molecular formula is C17H19N5O3. The van der Waals surface area contributed by atoms with E-state index < -0.39 is 5.97 Å². The van der Waals surface area contributed by atoms with Gasteiger partial charge in [0.2, 0.25) is 0 Å². The Morgan fingerprint density at radius 1 is 1.32 bits per heavy atom. The second kappa shape index (κ2) is 6.46. The highest BCUT2D eigenvalue weighted by Crippen LogP contribution is 2.19. The fourth-order valence-corrected chi connectivity index (χ4v) is 2.14. The number of carbonyl (C=O) groups is 1. The number of aromatic nitrogens is 5. The van der Waals surface area contributed by atoms with Crippen LogP contribution in [-0.4, -0.2) is 30.9 Å². The van der Waals surface area contributed by atoms with E-state index >= 15 is 0 Å². The summed E-state index contributed by atoms with van der Waals surface area (Å²) in [4.78, 5) is 20.8. The normalized spacial score (nSPS) is 11.5. The first-order valence-electron chi connectivity index (χ1n) is 7.82. The molecule has 0 aliphatic rings. The van der Waals surface area contributed by atoms with Gasteiger partial charge in [0.05, 0.1) is 11.9 Å². The molecule has 3 heterocycles. The fourth-order valence-electron chi connectivity index (χ4n) is 2.14. The number of hydrogen-bond acceptors (Lipinski definition) is 7. The summed E-state index contributed by atoms with van der Waals surface area (Å²) in [6, 6.07) is 5.47. The lowest BCUT2D eigenvalue weighted by Gasteiger charge is -2.10. The fraction of sp³-hybridized carbons (Fsp3) is 0.353. The predicted molar refractivity (Wildman–Crippen MR) is 88.2 cm³/mol. The van der Waals surface area contributed by atoms with Gasteiger partial charge in [-0.25, -0.2) is 14.5 Å². The Morgan fingerprint density at radius 3 is 2.76 bits per heavy atom. The van der Waals surface area contributed by atoms with Crippen molar-refractivity contribution in [3.8, 4) is 5.82 Å². The van der Waals surface area contributed by atoms with E-state index in [2.05, 4.69) is 20.2 Å². The summed E-state index contributed by atoms with van der Waals surface area (Å²) in [7, 11) is 0. The van der Waals surface area contributed by atoms with Crippen LogP contribution in [0.2, 0.25) is 0 Å². The van der Waals surface area contributed by atoms with Crippen molar-refractivity contribution in [2.75, 3.05) is 0 Å². The zero-order chi connectivity index (χ0) is 18.0. The van der Waals surface area contributed by atoms with E-state index in [4.69, 9.17) is 9.26 Å². The molecule has 3 rings (SSSR count). The zero-order valence-electron chi connectivity index (χ0n) is 14.6. The van der Waals surface area contributed by atoms with Crippen LogP contribution in [0.4, 0.5) is 0 Å². The van der Waals surface area contributed by atoms with Crippen molar-refractivity contribution in [3.63, 3.8) is 0 Å². The van der Waals surface area contributed by atoms with Gasteiger partial charge in [0.15, 0.2) is 18.2 Å². The second-order valence-electron chi connectivity index (χ2n) is 6.58. The van der Waals surface area contributed by atoms with E-state index in [1.807, 2.05) is 39.0 Å². The number of carbonyl (C=O) groups excluding carboxylic acids is 1. The quantitative estimate of drug-likeness (QED) is 0.673.